The van der Waals surface area contributed by atoms with Gasteiger partial charge >= 0.3 is 0 Å². The second-order valence-corrected chi connectivity index (χ2v) is 3.23. The van der Waals surface area contributed by atoms with E-state index in [4.69, 9.17) is 16.8 Å². The predicted molar refractivity (Wildman–Crippen MR) is 75.8 cm³/mol. The summed E-state index contributed by atoms with van der Waals surface area (Å²) in [4.78, 5) is 7.72. The van der Waals surface area contributed by atoms with Crippen LogP contribution in [0.25, 0.3) is 0 Å². The lowest BCUT2D eigenvalue weighted by atomic mass is 10.3. The Kier molecular flexibility index (Phi) is 10.3. The van der Waals surface area contributed by atoms with Gasteiger partial charge < -0.3 is 5.73 Å². The normalized spacial score (nSPS) is 9.95. The summed E-state index contributed by atoms with van der Waals surface area (Å²) < 4.78 is 0. The number of hydrogen-bond donors (Lipinski definition) is 5. The number of aromatic nitrogens is 2. The quantitative estimate of drug-likeness (QED) is 0.271. The highest BCUT2D eigenvalue weighted by Crippen LogP contribution is 1.99. The van der Waals surface area contributed by atoms with Gasteiger partial charge in [0.1, 0.15) is 17.9 Å². The van der Waals surface area contributed by atoms with Crippen LogP contribution in [-0.4, -0.2) is 9.97 Å². The summed E-state index contributed by atoms with van der Waals surface area (Å²) in [6, 6.07) is 12.6. The summed E-state index contributed by atoms with van der Waals surface area (Å²) in [5.74, 6) is 13.1. The molecule has 0 amide bonds. The first-order valence-electron chi connectivity index (χ1n) is 5.55. The number of nitrogens with one attached hydrogen (secondary N) is 1. The van der Waals surface area contributed by atoms with E-state index in [2.05, 4.69) is 27.1 Å². The molecule has 1 atom stereocenters. The lowest BCUT2D eigenvalue weighted by Gasteiger charge is -2.07. The highest BCUT2D eigenvalue weighted by Gasteiger charge is 2.00. The van der Waals surface area contributed by atoms with Crippen molar-refractivity contribution in [2.45, 2.75) is 6.17 Å². The van der Waals surface area contributed by atoms with Gasteiger partial charge in [0.2, 0.25) is 0 Å². The topological polar surface area (TPSA) is 166 Å². The minimum atomic E-state index is -0.374. The molecule has 0 radical (unpaired) electrons. The van der Waals surface area contributed by atoms with Crippen LogP contribution in [0.3, 0.4) is 0 Å². The van der Waals surface area contributed by atoms with Crippen molar-refractivity contribution in [3.8, 4) is 6.07 Å². The number of nitriles is 1. The Balaban J connectivity index is 0.000000327. The van der Waals surface area contributed by atoms with Gasteiger partial charge in [0.25, 0.3) is 0 Å². The Morgan fingerprint density at radius 2 is 1.65 bits per heavy atom. The molecule has 0 saturated carbocycles. The standard InChI is InChI=1S/C6H10N4.C6H4N2.H4N2/c7-6(10-8)5-3-1-2-4-9-5;7-5-6-3-1-2-4-8-6;1-2/h1-4,6,10H,7-8H2;1-4H;1-2H2/t6-;;/m1../s1. The summed E-state index contributed by atoms with van der Waals surface area (Å²) in [5, 5.41) is 8.23. The van der Waals surface area contributed by atoms with Crippen LogP contribution in [0.15, 0.2) is 48.8 Å². The molecule has 0 bridgehead atoms. The fourth-order valence-electron chi connectivity index (χ4n) is 1.07. The smallest absolute Gasteiger partial charge is 0.140 e. The summed E-state index contributed by atoms with van der Waals surface area (Å²) in [5.41, 5.74) is 9.10. The zero-order valence-electron chi connectivity index (χ0n) is 10.8. The molecule has 8 nitrogen and oxygen atoms in total. The van der Waals surface area contributed by atoms with E-state index in [1.165, 1.54) is 0 Å². The SMILES string of the molecule is N#Cc1ccccn1.NN.NN[C@@H](N)c1ccccn1. The monoisotopic (exact) mass is 274 g/mol. The third kappa shape index (κ3) is 7.12. The lowest BCUT2D eigenvalue weighted by Crippen LogP contribution is -2.34. The molecule has 0 saturated heterocycles. The minimum absolute atomic E-state index is 0.374. The number of nitrogens with two attached hydrogens (primary N) is 4. The van der Waals surface area contributed by atoms with Gasteiger partial charge in [-0.1, -0.05) is 12.1 Å². The first-order chi connectivity index (χ1) is 9.77. The van der Waals surface area contributed by atoms with Gasteiger partial charge in [0.05, 0.1) is 5.69 Å². The molecular weight excluding hydrogens is 256 g/mol. The van der Waals surface area contributed by atoms with E-state index in [-0.39, 0.29) is 6.17 Å². The Bertz CT molecular complexity index is 482. The molecule has 2 rings (SSSR count). The van der Waals surface area contributed by atoms with Crippen LogP contribution in [0.1, 0.15) is 17.6 Å². The van der Waals surface area contributed by atoms with Gasteiger partial charge in [-0.3, -0.25) is 22.5 Å². The van der Waals surface area contributed by atoms with Gasteiger partial charge in [0.15, 0.2) is 0 Å². The molecule has 106 valence electrons. The van der Waals surface area contributed by atoms with Crippen LogP contribution in [-0.2, 0) is 0 Å². The van der Waals surface area contributed by atoms with Gasteiger partial charge in [-0.05, 0) is 24.3 Å². The summed E-state index contributed by atoms with van der Waals surface area (Å²) in [7, 11) is 0. The molecule has 20 heavy (non-hydrogen) atoms. The molecule has 0 aliphatic rings. The number of nitrogens with zero attached hydrogens (tertiary/aromatic N) is 3. The van der Waals surface area contributed by atoms with E-state index in [9.17, 15) is 0 Å². The van der Waals surface area contributed by atoms with Crippen LogP contribution >= 0.6 is 0 Å². The molecule has 0 fully saturated rings. The van der Waals surface area contributed by atoms with Crippen LogP contribution in [0.2, 0.25) is 0 Å². The van der Waals surface area contributed by atoms with E-state index >= 15 is 0 Å². The van der Waals surface area contributed by atoms with E-state index in [1.807, 2.05) is 24.3 Å². The highest BCUT2D eigenvalue weighted by molar-refractivity contribution is 5.18. The molecule has 0 aromatic carbocycles. The molecule has 0 aliphatic heterocycles. The van der Waals surface area contributed by atoms with E-state index in [1.54, 1.807) is 30.6 Å². The van der Waals surface area contributed by atoms with Crippen molar-refractivity contribution >= 4 is 0 Å². The fourth-order valence-corrected chi connectivity index (χ4v) is 1.07. The number of hydrazine groups is 2. The molecule has 9 N–H and O–H groups in total. The molecule has 0 unspecified atom stereocenters. The Morgan fingerprint density at radius 1 is 1.05 bits per heavy atom. The maximum Gasteiger partial charge on any atom is 0.140 e. The van der Waals surface area contributed by atoms with Gasteiger partial charge in [-0.25, -0.2) is 10.4 Å². The highest BCUT2D eigenvalue weighted by atomic mass is 15.3. The summed E-state index contributed by atoms with van der Waals surface area (Å²) in [6.45, 7) is 0. The average molecular weight is 274 g/mol. The van der Waals surface area contributed by atoms with E-state index in [0.717, 1.165) is 5.69 Å². The van der Waals surface area contributed by atoms with Crippen LogP contribution < -0.4 is 28.7 Å². The zero-order chi connectivity index (χ0) is 15.2. The Hall–Kier alpha value is -2.41. The van der Waals surface area contributed by atoms with Crippen LogP contribution in [0, 0.1) is 11.3 Å². The van der Waals surface area contributed by atoms with Gasteiger partial charge in [-0.15, -0.1) is 0 Å². The first-order valence-corrected chi connectivity index (χ1v) is 5.55. The van der Waals surface area contributed by atoms with Crippen molar-refractivity contribution in [1.29, 1.82) is 5.26 Å². The van der Waals surface area contributed by atoms with Gasteiger partial charge in [-0.2, -0.15) is 5.26 Å². The zero-order valence-corrected chi connectivity index (χ0v) is 10.8. The van der Waals surface area contributed by atoms with E-state index < -0.39 is 0 Å². The molecule has 2 aromatic heterocycles. The molecule has 2 aromatic rings. The third-order valence-corrected chi connectivity index (χ3v) is 1.97. The molecule has 2 heterocycles. The second-order valence-electron chi connectivity index (χ2n) is 3.23. The second kappa shape index (κ2) is 11.7. The lowest BCUT2D eigenvalue weighted by molar-refractivity contribution is 0.562. The van der Waals surface area contributed by atoms with Crippen LogP contribution in [0.4, 0.5) is 0 Å². The van der Waals surface area contributed by atoms with Crippen molar-refractivity contribution < 1.29 is 0 Å². The van der Waals surface area contributed by atoms with Crippen molar-refractivity contribution in [2.24, 2.45) is 23.3 Å². The molecule has 0 spiro atoms. The van der Waals surface area contributed by atoms with Gasteiger partial charge in [0, 0.05) is 12.4 Å². The predicted octanol–water partition coefficient (Wildman–Crippen LogP) is -0.726. The average Bonchev–Trinajstić information content (AvgIpc) is 2.58. The fraction of sp³-hybridized carbons (Fsp3) is 0.0833. The maximum absolute atomic E-state index is 8.23. The largest absolute Gasteiger partial charge is 0.310 e. The summed E-state index contributed by atoms with van der Waals surface area (Å²) >= 11 is 0. The number of rotatable bonds is 2. The van der Waals surface area contributed by atoms with Crippen molar-refractivity contribution in [3.63, 3.8) is 0 Å². The van der Waals surface area contributed by atoms with Crippen molar-refractivity contribution in [2.75, 3.05) is 0 Å². The number of pyridine rings is 2. The Labute approximate surface area is 117 Å². The molecule has 0 aliphatic carbocycles. The van der Waals surface area contributed by atoms with E-state index in [0.29, 0.717) is 5.69 Å². The molecular formula is C12H18N8. The third-order valence-electron chi connectivity index (χ3n) is 1.97. The van der Waals surface area contributed by atoms with Crippen molar-refractivity contribution in [3.05, 3.63) is 60.2 Å². The number of hydrogen-bond acceptors (Lipinski definition) is 8. The maximum atomic E-state index is 8.23. The van der Waals surface area contributed by atoms with Crippen LogP contribution in [0.5, 0.6) is 0 Å². The van der Waals surface area contributed by atoms with Crippen molar-refractivity contribution in [1.82, 2.24) is 15.4 Å². The Morgan fingerprint density at radius 3 is 2.00 bits per heavy atom. The molecule has 8 heteroatoms. The first kappa shape index (κ1) is 17.6. The summed E-state index contributed by atoms with van der Waals surface area (Å²) in [6.07, 6.45) is 2.90. The minimum Gasteiger partial charge on any atom is -0.310 e.